The standard InChI is InChI=1S/C14H14N2S.ClH/c1-11(12-6-3-2-4-7-12)16-13(10-15)14-8-5-9-17-14;/h2-9,11,13,16H,1H3;1H/t11-,13-;/m1./s1. The fourth-order valence-electron chi connectivity index (χ4n) is 1.83. The van der Waals surface area contributed by atoms with Crippen molar-refractivity contribution in [2.24, 2.45) is 0 Å². The minimum absolute atomic E-state index is 0. The lowest BCUT2D eigenvalue weighted by Gasteiger charge is -2.14. The molecule has 0 amide bonds. The zero-order valence-electron chi connectivity index (χ0n) is 10.1. The molecule has 0 radical (unpaired) electrons. The van der Waals surface area contributed by atoms with Gasteiger partial charge in [-0.15, -0.1) is 11.3 Å². The molecule has 1 aromatic heterocycles. The first-order valence-corrected chi connectivity index (χ1v) is 6.52. The van der Waals surface area contributed by atoms with Gasteiger partial charge in [0.25, 0.3) is 0 Å². The van der Waals surface area contributed by atoms with Gasteiger partial charge in [-0.25, -0.2) is 0 Å². The van der Waals surface area contributed by atoms with E-state index in [1.165, 1.54) is 5.56 Å². The van der Waals surface area contributed by atoms with Gasteiger partial charge in [0.05, 0.1) is 4.88 Å². The average Bonchev–Trinajstić information content (AvgIpc) is 2.90. The first kappa shape index (κ1) is 14.7. The van der Waals surface area contributed by atoms with E-state index in [-0.39, 0.29) is 18.4 Å². The Morgan fingerprint density at radius 3 is 2.44 bits per heavy atom. The molecule has 0 aliphatic heterocycles. The van der Waals surface area contributed by atoms with Gasteiger partial charge in [-0.2, -0.15) is 5.26 Å². The van der Waals surface area contributed by atoms with E-state index in [0.29, 0.717) is 6.04 Å². The normalized spacial score (nSPS) is 13.1. The van der Waals surface area contributed by atoms with E-state index in [1.807, 2.05) is 35.7 Å². The minimum atomic E-state index is -0.106. The van der Waals surface area contributed by atoms with Crippen LogP contribution in [0.3, 0.4) is 0 Å². The quantitative estimate of drug-likeness (QED) is 0.815. The number of nitriles is 1. The molecule has 94 valence electrons. The number of benzene rings is 1. The van der Waals surface area contributed by atoms with Crippen LogP contribution in [0.2, 0.25) is 0 Å². The molecule has 0 saturated heterocycles. The van der Waals surface area contributed by atoms with E-state index in [4.69, 9.17) is 0 Å². The first-order valence-electron chi connectivity index (χ1n) is 5.64. The van der Waals surface area contributed by atoms with E-state index in [0.717, 1.165) is 4.88 Å². The molecular weight excluding hydrogens is 264 g/mol. The monoisotopic (exact) mass is 278 g/mol. The highest BCUT2D eigenvalue weighted by Crippen LogP contribution is 2.16. The molecule has 1 heterocycles. The number of nitrogens with zero attached hydrogens (tertiary/aromatic N) is 1. The van der Waals surface area contributed by atoms with E-state index in [1.54, 1.807) is 11.3 Å². The Hall–Kier alpha value is -1.34. The molecule has 1 aromatic carbocycles. The molecule has 0 fully saturated rings. The van der Waals surface area contributed by atoms with Crippen LogP contribution >= 0.6 is 11.3 Å². The van der Waals surface area contributed by atoms with E-state index in [9.17, 15) is 5.26 Å². The van der Waals surface area contributed by atoms with Crippen molar-refractivity contribution in [3.8, 4) is 6.07 Å². The number of quaternary nitrogens is 1. The Bertz CT molecular complexity index is 490. The number of hydrogen-bond acceptors (Lipinski definition) is 2. The molecule has 2 nitrogen and oxygen atoms in total. The van der Waals surface area contributed by atoms with Crippen LogP contribution in [0.4, 0.5) is 0 Å². The summed E-state index contributed by atoms with van der Waals surface area (Å²) in [5.74, 6) is 0. The Balaban J connectivity index is 0.00000162. The highest BCUT2D eigenvalue weighted by atomic mass is 35.5. The van der Waals surface area contributed by atoms with Gasteiger partial charge in [-0.1, -0.05) is 36.4 Å². The van der Waals surface area contributed by atoms with Crippen LogP contribution in [0.25, 0.3) is 0 Å². The largest absolute Gasteiger partial charge is 1.00 e. The summed E-state index contributed by atoms with van der Waals surface area (Å²) in [6.45, 7) is 2.13. The predicted octanol–water partition coefficient (Wildman–Crippen LogP) is -0.359. The van der Waals surface area contributed by atoms with Gasteiger partial charge in [0, 0.05) is 5.56 Å². The molecule has 2 aromatic rings. The molecule has 0 spiro atoms. The molecule has 0 bridgehead atoms. The Morgan fingerprint density at radius 2 is 1.89 bits per heavy atom. The zero-order chi connectivity index (χ0) is 12.1. The molecule has 2 rings (SSSR count). The average molecular weight is 279 g/mol. The second kappa shape index (κ2) is 7.17. The van der Waals surface area contributed by atoms with Crippen molar-refractivity contribution in [1.82, 2.24) is 0 Å². The van der Waals surface area contributed by atoms with Crippen LogP contribution in [-0.2, 0) is 0 Å². The van der Waals surface area contributed by atoms with Crippen molar-refractivity contribution in [3.63, 3.8) is 0 Å². The Morgan fingerprint density at radius 1 is 1.17 bits per heavy atom. The number of nitrogens with two attached hydrogens (primary N) is 1. The molecule has 0 aliphatic rings. The van der Waals surface area contributed by atoms with Crippen molar-refractivity contribution in [2.75, 3.05) is 0 Å². The van der Waals surface area contributed by atoms with E-state index in [2.05, 4.69) is 30.4 Å². The molecule has 2 atom stereocenters. The zero-order valence-corrected chi connectivity index (χ0v) is 11.7. The molecule has 18 heavy (non-hydrogen) atoms. The topological polar surface area (TPSA) is 40.4 Å². The number of rotatable bonds is 4. The number of halogens is 1. The summed E-state index contributed by atoms with van der Waals surface area (Å²) in [5.41, 5.74) is 1.25. The summed E-state index contributed by atoms with van der Waals surface area (Å²) in [6.07, 6.45) is 0. The summed E-state index contributed by atoms with van der Waals surface area (Å²) >= 11 is 1.64. The maximum Gasteiger partial charge on any atom is 0.208 e. The van der Waals surface area contributed by atoms with Gasteiger partial charge in [0.2, 0.25) is 6.04 Å². The van der Waals surface area contributed by atoms with Crippen molar-refractivity contribution in [3.05, 3.63) is 58.3 Å². The van der Waals surface area contributed by atoms with Crippen LogP contribution in [0.15, 0.2) is 47.8 Å². The van der Waals surface area contributed by atoms with Crippen molar-refractivity contribution < 1.29 is 17.7 Å². The molecule has 0 saturated carbocycles. The molecule has 0 aliphatic carbocycles. The second-order valence-corrected chi connectivity index (χ2v) is 4.99. The Labute approximate surface area is 118 Å². The highest BCUT2D eigenvalue weighted by Gasteiger charge is 2.19. The second-order valence-electron chi connectivity index (χ2n) is 4.01. The molecule has 2 N–H and O–H groups in total. The van der Waals surface area contributed by atoms with Crippen LogP contribution in [0.1, 0.15) is 29.4 Å². The van der Waals surface area contributed by atoms with Gasteiger partial charge < -0.3 is 17.7 Å². The third-order valence-electron chi connectivity index (χ3n) is 2.80. The number of thiophene rings is 1. The minimum Gasteiger partial charge on any atom is -1.00 e. The highest BCUT2D eigenvalue weighted by molar-refractivity contribution is 7.10. The van der Waals surface area contributed by atoms with Gasteiger partial charge in [-0.05, 0) is 18.4 Å². The van der Waals surface area contributed by atoms with Crippen LogP contribution in [0.5, 0.6) is 0 Å². The van der Waals surface area contributed by atoms with E-state index < -0.39 is 0 Å². The fraction of sp³-hybridized carbons (Fsp3) is 0.214. The third kappa shape index (κ3) is 3.58. The van der Waals surface area contributed by atoms with E-state index >= 15 is 0 Å². The SMILES string of the molecule is C[C@@H]([NH2+][C@H](C#N)c1cccs1)c1ccccc1.[Cl-]. The summed E-state index contributed by atoms with van der Waals surface area (Å²) in [7, 11) is 0. The van der Waals surface area contributed by atoms with Gasteiger partial charge in [0.15, 0.2) is 0 Å². The molecular formula is C14H15ClN2S. The van der Waals surface area contributed by atoms with Gasteiger partial charge >= 0.3 is 0 Å². The maximum absolute atomic E-state index is 9.22. The third-order valence-corrected chi connectivity index (χ3v) is 3.75. The number of hydrogen-bond donors (Lipinski definition) is 1. The summed E-state index contributed by atoms with van der Waals surface area (Å²) in [5, 5.41) is 13.3. The molecule has 4 heteroatoms. The Kier molecular flexibility index (Phi) is 5.87. The smallest absolute Gasteiger partial charge is 0.208 e. The lowest BCUT2D eigenvalue weighted by molar-refractivity contribution is -0.719. The fourth-order valence-corrected chi connectivity index (χ4v) is 2.58. The first-order chi connectivity index (χ1) is 8.31. The van der Waals surface area contributed by atoms with Crippen molar-refractivity contribution in [2.45, 2.75) is 19.0 Å². The summed E-state index contributed by atoms with van der Waals surface area (Å²) < 4.78 is 0. The van der Waals surface area contributed by atoms with Crippen LogP contribution < -0.4 is 17.7 Å². The lowest BCUT2D eigenvalue weighted by atomic mass is 10.1. The van der Waals surface area contributed by atoms with Crippen LogP contribution in [0, 0.1) is 11.3 Å². The maximum atomic E-state index is 9.22. The van der Waals surface area contributed by atoms with Crippen molar-refractivity contribution in [1.29, 1.82) is 5.26 Å². The van der Waals surface area contributed by atoms with Gasteiger partial charge in [-0.3, -0.25) is 0 Å². The summed E-state index contributed by atoms with van der Waals surface area (Å²) in [4.78, 5) is 1.12. The van der Waals surface area contributed by atoms with Gasteiger partial charge in [0.1, 0.15) is 12.1 Å². The lowest BCUT2D eigenvalue weighted by Crippen LogP contribution is -3.00. The van der Waals surface area contributed by atoms with Crippen molar-refractivity contribution >= 4 is 11.3 Å². The summed E-state index contributed by atoms with van der Waals surface area (Å²) in [6, 6.07) is 16.8. The predicted molar refractivity (Wildman–Crippen MR) is 69.5 cm³/mol. The molecule has 0 unspecified atom stereocenters. The van der Waals surface area contributed by atoms with Crippen LogP contribution in [-0.4, -0.2) is 0 Å².